The van der Waals surface area contributed by atoms with Gasteiger partial charge in [-0.3, -0.25) is 9.59 Å². The van der Waals surface area contributed by atoms with Gasteiger partial charge >= 0.3 is 0 Å². The third kappa shape index (κ3) is 8.01. The summed E-state index contributed by atoms with van der Waals surface area (Å²) in [6.07, 6.45) is 0.358. The van der Waals surface area contributed by atoms with Crippen molar-refractivity contribution in [3.8, 4) is 5.75 Å². The number of ether oxygens (including phenoxy) is 1. The lowest BCUT2D eigenvalue weighted by atomic mass is 10.0. The maximum absolute atomic E-state index is 13.5. The summed E-state index contributed by atoms with van der Waals surface area (Å²) in [5.74, 6) is 0.0498. The molecule has 35 heavy (non-hydrogen) atoms. The van der Waals surface area contributed by atoms with Gasteiger partial charge in [0.15, 0.2) is 6.61 Å². The van der Waals surface area contributed by atoms with Crippen LogP contribution in [0.3, 0.4) is 0 Å². The minimum atomic E-state index is -0.747. The van der Waals surface area contributed by atoms with Crippen LogP contribution < -0.4 is 10.1 Å². The minimum Gasteiger partial charge on any atom is -0.484 e. The van der Waals surface area contributed by atoms with Gasteiger partial charge in [-0.25, -0.2) is 0 Å². The zero-order valence-electron chi connectivity index (χ0n) is 20.1. The highest BCUT2D eigenvalue weighted by Crippen LogP contribution is 2.24. The van der Waals surface area contributed by atoms with E-state index in [0.29, 0.717) is 22.2 Å². The molecule has 3 aromatic carbocycles. The van der Waals surface area contributed by atoms with Gasteiger partial charge in [-0.05, 0) is 56.2 Å². The molecule has 0 bridgehead atoms. The van der Waals surface area contributed by atoms with Crippen LogP contribution in [0.2, 0.25) is 10.0 Å². The minimum absolute atomic E-state index is 0.0773. The topological polar surface area (TPSA) is 58.6 Å². The Labute approximate surface area is 217 Å². The smallest absolute Gasteiger partial charge is 0.261 e. The lowest BCUT2D eigenvalue weighted by molar-refractivity contribution is -0.143. The first-order valence-electron chi connectivity index (χ1n) is 11.5. The maximum atomic E-state index is 13.5. The third-order valence-electron chi connectivity index (χ3n) is 5.42. The Morgan fingerprint density at radius 1 is 0.914 bits per heavy atom. The fourth-order valence-corrected chi connectivity index (χ4v) is 3.95. The van der Waals surface area contributed by atoms with Crippen LogP contribution in [-0.2, 0) is 22.6 Å². The SMILES string of the molecule is Cc1ccc(OCC(=O)N(Cc2ccc(Cl)c(Cl)c2)C(Cc2ccccc2)C(=O)NC(C)C)cc1. The van der Waals surface area contributed by atoms with Crippen LogP contribution in [0.4, 0.5) is 0 Å². The van der Waals surface area contributed by atoms with E-state index in [-0.39, 0.29) is 31.0 Å². The van der Waals surface area contributed by atoms with Crippen molar-refractivity contribution >= 4 is 35.0 Å². The van der Waals surface area contributed by atoms with Crippen LogP contribution in [0.25, 0.3) is 0 Å². The molecule has 184 valence electrons. The van der Waals surface area contributed by atoms with Gasteiger partial charge in [0.05, 0.1) is 10.0 Å². The molecule has 0 aliphatic carbocycles. The van der Waals surface area contributed by atoms with Gasteiger partial charge < -0.3 is 15.0 Å². The number of nitrogens with one attached hydrogen (secondary N) is 1. The predicted molar refractivity (Wildman–Crippen MR) is 141 cm³/mol. The standard InChI is InChI=1S/C28H30Cl2N2O3/c1-19(2)31-28(34)26(16-21-7-5-4-6-8-21)32(17-22-11-14-24(29)25(30)15-22)27(33)18-35-23-12-9-20(3)10-13-23/h4-15,19,26H,16-18H2,1-3H3,(H,31,34). The molecule has 1 atom stereocenters. The van der Waals surface area contributed by atoms with Crippen molar-refractivity contribution in [2.45, 2.75) is 45.8 Å². The number of carbonyl (C=O) groups is 2. The van der Waals surface area contributed by atoms with Gasteiger partial charge in [-0.15, -0.1) is 0 Å². The van der Waals surface area contributed by atoms with Crippen molar-refractivity contribution in [2.24, 2.45) is 0 Å². The monoisotopic (exact) mass is 512 g/mol. The molecule has 3 aromatic rings. The van der Waals surface area contributed by atoms with Gasteiger partial charge in [-0.2, -0.15) is 0 Å². The van der Waals surface area contributed by atoms with Crippen LogP contribution in [0.1, 0.15) is 30.5 Å². The maximum Gasteiger partial charge on any atom is 0.261 e. The quantitative estimate of drug-likeness (QED) is 0.370. The average molecular weight is 513 g/mol. The number of nitrogens with zero attached hydrogens (tertiary/aromatic N) is 1. The molecule has 0 saturated carbocycles. The summed E-state index contributed by atoms with van der Waals surface area (Å²) in [6, 6.07) is 21.5. The number of hydrogen-bond acceptors (Lipinski definition) is 3. The fourth-order valence-electron chi connectivity index (χ4n) is 3.63. The molecular weight excluding hydrogens is 483 g/mol. The van der Waals surface area contributed by atoms with Crippen molar-refractivity contribution < 1.29 is 14.3 Å². The summed E-state index contributed by atoms with van der Waals surface area (Å²) in [5, 5.41) is 3.78. The summed E-state index contributed by atoms with van der Waals surface area (Å²) in [6.45, 7) is 5.74. The van der Waals surface area contributed by atoms with Gasteiger partial charge in [0, 0.05) is 19.0 Å². The zero-order chi connectivity index (χ0) is 25.4. The molecule has 3 rings (SSSR count). The van der Waals surface area contributed by atoms with Crippen LogP contribution in [0.15, 0.2) is 72.8 Å². The van der Waals surface area contributed by atoms with E-state index >= 15 is 0 Å². The van der Waals surface area contributed by atoms with Crippen LogP contribution in [0.5, 0.6) is 5.75 Å². The molecule has 1 N–H and O–H groups in total. The van der Waals surface area contributed by atoms with E-state index in [0.717, 1.165) is 16.7 Å². The molecule has 0 spiro atoms. The fraction of sp³-hybridized carbons (Fsp3) is 0.286. The normalized spacial score (nSPS) is 11.7. The summed E-state index contributed by atoms with van der Waals surface area (Å²) >= 11 is 12.3. The van der Waals surface area contributed by atoms with Crippen molar-refractivity contribution in [3.63, 3.8) is 0 Å². The Hall–Kier alpha value is -3.02. The molecule has 2 amide bonds. The average Bonchev–Trinajstić information content (AvgIpc) is 2.83. The summed E-state index contributed by atoms with van der Waals surface area (Å²) in [5.41, 5.74) is 2.81. The second-order valence-electron chi connectivity index (χ2n) is 8.74. The molecule has 7 heteroatoms. The van der Waals surface area contributed by atoms with E-state index in [4.69, 9.17) is 27.9 Å². The lowest BCUT2D eigenvalue weighted by Gasteiger charge is -2.32. The van der Waals surface area contributed by atoms with E-state index < -0.39 is 6.04 Å². The summed E-state index contributed by atoms with van der Waals surface area (Å²) in [7, 11) is 0. The number of halogens is 2. The van der Waals surface area contributed by atoms with Crippen LogP contribution >= 0.6 is 23.2 Å². The van der Waals surface area contributed by atoms with Crippen molar-refractivity contribution in [3.05, 3.63) is 99.5 Å². The molecule has 0 radical (unpaired) electrons. The van der Waals surface area contributed by atoms with Crippen molar-refractivity contribution in [2.75, 3.05) is 6.61 Å². The Balaban J connectivity index is 1.92. The highest BCUT2D eigenvalue weighted by Gasteiger charge is 2.31. The molecule has 0 aliphatic rings. The largest absolute Gasteiger partial charge is 0.484 e. The Kier molecular flexibility index (Phi) is 9.58. The number of aryl methyl sites for hydroxylation is 1. The number of amides is 2. The first kappa shape index (κ1) is 26.6. The summed E-state index contributed by atoms with van der Waals surface area (Å²) < 4.78 is 5.78. The van der Waals surface area contributed by atoms with E-state index in [9.17, 15) is 9.59 Å². The molecule has 0 heterocycles. The van der Waals surface area contributed by atoms with Gasteiger partial charge in [0.1, 0.15) is 11.8 Å². The molecule has 0 saturated heterocycles. The summed E-state index contributed by atoms with van der Waals surface area (Å²) in [4.78, 5) is 28.4. The Morgan fingerprint density at radius 2 is 1.60 bits per heavy atom. The van der Waals surface area contributed by atoms with E-state index in [2.05, 4.69) is 5.32 Å². The van der Waals surface area contributed by atoms with Gasteiger partial charge in [0.2, 0.25) is 5.91 Å². The highest BCUT2D eigenvalue weighted by molar-refractivity contribution is 6.42. The Morgan fingerprint density at radius 3 is 2.23 bits per heavy atom. The first-order valence-corrected chi connectivity index (χ1v) is 12.3. The number of hydrogen-bond donors (Lipinski definition) is 1. The van der Waals surface area contributed by atoms with E-state index in [1.807, 2.05) is 75.4 Å². The third-order valence-corrected chi connectivity index (χ3v) is 6.16. The molecule has 5 nitrogen and oxygen atoms in total. The lowest BCUT2D eigenvalue weighted by Crippen LogP contribution is -2.52. The van der Waals surface area contributed by atoms with Gasteiger partial charge in [0.25, 0.3) is 5.91 Å². The number of carbonyl (C=O) groups excluding carboxylic acids is 2. The predicted octanol–water partition coefficient (Wildman–Crippen LogP) is 5.85. The molecule has 0 aromatic heterocycles. The second kappa shape index (κ2) is 12.6. The van der Waals surface area contributed by atoms with Crippen LogP contribution in [0, 0.1) is 6.92 Å². The van der Waals surface area contributed by atoms with E-state index in [1.165, 1.54) is 0 Å². The van der Waals surface area contributed by atoms with Crippen LogP contribution in [-0.4, -0.2) is 35.4 Å². The van der Waals surface area contributed by atoms with Crippen molar-refractivity contribution in [1.29, 1.82) is 0 Å². The molecule has 0 fully saturated rings. The number of benzene rings is 3. The second-order valence-corrected chi connectivity index (χ2v) is 9.56. The molecular formula is C28H30Cl2N2O3. The first-order chi connectivity index (χ1) is 16.7. The van der Waals surface area contributed by atoms with Gasteiger partial charge in [-0.1, -0.05) is 77.3 Å². The van der Waals surface area contributed by atoms with E-state index in [1.54, 1.807) is 23.1 Å². The molecule has 1 unspecified atom stereocenters. The Bertz CT molecular complexity index is 1130. The molecule has 0 aliphatic heterocycles. The zero-order valence-corrected chi connectivity index (χ0v) is 21.6. The highest BCUT2D eigenvalue weighted by atomic mass is 35.5. The number of rotatable bonds is 10. The van der Waals surface area contributed by atoms with Crippen molar-refractivity contribution in [1.82, 2.24) is 10.2 Å².